The molecule has 1 aliphatic heterocycles. The van der Waals surface area contributed by atoms with Crippen molar-refractivity contribution in [1.82, 2.24) is 21.3 Å². The van der Waals surface area contributed by atoms with Crippen LogP contribution in [0, 0.1) is 0 Å². The van der Waals surface area contributed by atoms with Gasteiger partial charge in [0.25, 0.3) is 0 Å². The van der Waals surface area contributed by atoms with E-state index in [1.54, 1.807) is 24.3 Å². The molecule has 0 saturated carbocycles. The molecule has 1 saturated heterocycles. The molecule has 11 N–H and O–H groups in total. The molecule has 1 fully saturated rings. The van der Waals surface area contributed by atoms with Crippen LogP contribution in [-0.4, -0.2) is 78.6 Å². The molecule has 1 aliphatic rings. The number of benzene rings is 1. The van der Waals surface area contributed by atoms with Crippen molar-refractivity contribution in [2.75, 3.05) is 19.6 Å². The largest absolute Gasteiger partial charge is 0.480 e. The number of carboxylic acids is 1. The molecule has 1 heterocycles. The van der Waals surface area contributed by atoms with Crippen LogP contribution in [0.4, 0.5) is 0 Å². The SMILES string of the molecule is NCCCCC(NC(=O)C1CCCN1)C(=O)NC(CCCN=C(N)N)C(=O)NC(Cc1ccccc1)C(=O)O. The van der Waals surface area contributed by atoms with E-state index in [9.17, 15) is 24.3 Å². The van der Waals surface area contributed by atoms with Crippen LogP contribution in [0.1, 0.15) is 50.5 Å². The summed E-state index contributed by atoms with van der Waals surface area (Å²) in [5.74, 6) is -2.76. The average Bonchev–Trinajstić information content (AvgIpc) is 3.45. The Morgan fingerprint density at radius 3 is 2.18 bits per heavy atom. The monoisotopic (exact) mass is 546 g/mol. The summed E-state index contributed by atoms with van der Waals surface area (Å²) in [4.78, 5) is 55.1. The van der Waals surface area contributed by atoms with E-state index in [-0.39, 0.29) is 37.3 Å². The molecule has 2 rings (SSSR count). The normalized spacial score (nSPS) is 16.9. The Morgan fingerprint density at radius 2 is 1.59 bits per heavy atom. The number of aliphatic carboxylic acids is 1. The fourth-order valence-electron chi connectivity index (χ4n) is 4.31. The lowest BCUT2D eigenvalue weighted by molar-refractivity contribution is -0.142. The van der Waals surface area contributed by atoms with E-state index >= 15 is 0 Å². The van der Waals surface area contributed by atoms with Crippen LogP contribution in [0.25, 0.3) is 0 Å². The van der Waals surface area contributed by atoms with E-state index in [1.807, 2.05) is 6.07 Å². The Bertz CT molecular complexity index is 964. The lowest BCUT2D eigenvalue weighted by atomic mass is 10.0. The Balaban J connectivity index is 2.14. The molecule has 13 nitrogen and oxygen atoms in total. The van der Waals surface area contributed by atoms with Crippen molar-refractivity contribution < 1.29 is 24.3 Å². The molecule has 13 heteroatoms. The first-order valence-corrected chi connectivity index (χ1v) is 13.4. The van der Waals surface area contributed by atoms with Crippen molar-refractivity contribution in [2.24, 2.45) is 22.2 Å². The molecule has 3 amide bonds. The molecule has 39 heavy (non-hydrogen) atoms. The molecule has 0 radical (unpaired) electrons. The molecule has 0 spiro atoms. The molecular weight excluding hydrogens is 504 g/mol. The number of carboxylic acid groups (broad SMARTS) is 1. The van der Waals surface area contributed by atoms with Crippen molar-refractivity contribution in [1.29, 1.82) is 0 Å². The predicted octanol–water partition coefficient (Wildman–Crippen LogP) is -1.30. The van der Waals surface area contributed by atoms with Crippen LogP contribution < -0.4 is 38.5 Å². The van der Waals surface area contributed by atoms with Gasteiger partial charge in [0.15, 0.2) is 5.96 Å². The number of rotatable bonds is 17. The molecule has 1 aromatic carbocycles. The van der Waals surface area contributed by atoms with Gasteiger partial charge in [0, 0.05) is 13.0 Å². The highest BCUT2D eigenvalue weighted by atomic mass is 16.4. The second kappa shape index (κ2) is 17.0. The van der Waals surface area contributed by atoms with Gasteiger partial charge >= 0.3 is 5.97 Å². The van der Waals surface area contributed by atoms with E-state index in [0.29, 0.717) is 38.6 Å². The maximum atomic E-state index is 13.3. The fourth-order valence-corrected chi connectivity index (χ4v) is 4.31. The highest BCUT2D eigenvalue weighted by Gasteiger charge is 2.31. The number of carbonyl (C=O) groups is 4. The molecule has 1 aromatic rings. The molecule has 4 unspecified atom stereocenters. The van der Waals surface area contributed by atoms with Crippen molar-refractivity contribution in [3.05, 3.63) is 35.9 Å². The highest BCUT2D eigenvalue weighted by molar-refractivity contribution is 5.94. The number of unbranched alkanes of at least 4 members (excludes halogenated alkanes) is 1. The molecule has 4 atom stereocenters. The van der Waals surface area contributed by atoms with Gasteiger partial charge in [-0.2, -0.15) is 0 Å². The third-order valence-corrected chi connectivity index (χ3v) is 6.43. The maximum absolute atomic E-state index is 13.3. The number of hydrogen-bond donors (Lipinski definition) is 8. The summed E-state index contributed by atoms with van der Waals surface area (Å²) in [5.41, 5.74) is 17.1. The molecule has 216 valence electrons. The van der Waals surface area contributed by atoms with Crippen LogP contribution in [0.15, 0.2) is 35.3 Å². The molecule has 0 aliphatic carbocycles. The second-order valence-corrected chi connectivity index (χ2v) is 9.59. The number of hydrogen-bond acceptors (Lipinski definition) is 7. The van der Waals surface area contributed by atoms with E-state index in [1.165, 1.54) is 0 Å². The number of nitrogens with zero attached hydrogens (tertiary/aromatic N) is 1. The summed E-state index contributed by atoms with van der Waals surface area (Å²) < 4.78 is 0. The zero-order valence-corrected chi connectivity index (χ0v) is 22.2. The van der Waals surface area contributed by atoms with E-state index < -0.39 is 35.9 Å². The summed E-state index contributed by atoms with van der Waals surface area (Å²) in [6.07, 6.45) is 3.74. The first kappa shape index (κ1) is 31.5. The van der Waals surface area contributed by atoms with E-state index in [4.69, 9.17) is 17.2 Å². The molecule has 0 bridgehead atoms. The minimum Gasteiger partial charge on any atom is -0.480 e. The molecule has 0 aromatic heterocycles. The summed E-state index contributed by atoms with van der Waals surface area (Å²) in [6, 6.07) is 5.39. The Hall–Kier alpha value is -3.71. The van der Waals surface area contributed by atoms with Gasteiger partial charge in [-0.05, 0) is 63.6 Å². The first-order chi connectivity index (χ1) is 18.7. The average molecular weight is 547 g/mol. The number of aliphatic imine (C=N–C) groups is 1. The number of guanidine groups is 1. The van der Waals surface area contributed by atoms with Crippen molar-refractivity contribution in [3.63, 3.8) is 0 Å². The van der Waals surface area contributed by atoms with Crippen LogP contribution >= 0.6 is 0 Å². The minimum absolute atomic E-state index is 0.0722. The maximum Gasteiger partial charge on any atom is 0.326 e. The zero-order valence-electron chi connectivity index (χ0n) is 22.2. The Labute approximate surface area is 228 Å². The quantitative estimate of drug-likeness (QED) is 0.0659. The summed E-state index contributed by atoms with van der Waals surface area (Å²) in [6.45, 7) is 1.40. The Kier molecular flexibility index (Phi) is 13.7. The lowest BCUT2D eigenvalue weighted by Gasteiger charge is -2.25. The number of amides is 3. The van der Waals surface area contributed by atoms with Crippen molar-refractivity contribution in [3.8, 4) is 0 Å². The highest BCUT2D eigenvalue weighted by Crippen LogP contribution is 2.09. The standard InChI is InChI=1S/C26H42N8O5/c27-13-5-4-10-19(32-22(35)18-11-6-14-30-18)23(36)33-20(12-7-15-31-26(28)29)24(37)34-21(25(38)39)16-17-8-2-1-3-9-17/h1-3,8-9,18-21,30H,4-7,10-16,27H2,(H,32,35)(H,33,36)(H,34,37)(H,38,39)(H4,28,29,31). The van der Waals surface area contributed by atoms with Crippen LogP contribution in [0.5, 0.6) is 0 Å². The third kappa shape index (κ3) is 11.7. The topological polar surface area (TPSA) is 227 Å². The fraction of sp³-hybridized carbons (Fsp3) is 0.577. The summed E-state index contributed by atoms with van der Waals surface area (Å²) in [5, 5.41) is 20.9. The number of nitrogens with two attached hydrogens (primary N) is 3. The Morgan fingerprint density at radius 1 is 0.949 bits per heavy atom. The van der Waals surface area contributed by atoms with Gasteiger partial charge in [-0.1, -0.05) is 30.3 Å². The van der Waals surface area contributed by atoms with Gasteiger partial charge in [-0.3, -0.25) is 19.4 Å². The molecular formula is C26H42N8O5. The van der Waals surface area contributed by atoms with Gasteiger partial charge in [-0.15, -0.1) is 0 Å². The smallest absolute Gasteiger partial charge is 0.326 e. The van der Waals surface area contributed by atoms with Gasteiger partial charge in [0.1, 0.15) is 18.1 Å². The van der Waals surface area contributed by atoms with Crippen molar-refractivity contribution >= 4 is 29.7 Å². The number of nitrogens with one attached hydrogen (secondary N) is 4. The van der Waals surface area contributed by atoms with Gasteiger partial charge in [0.05, 0.1) is 6.04 Å². The number of carbonyl (C=O) groups excluding carboxylic acids is 3. The summed E-state index contributed by atoms with van der Waals surface area (Å²) in [7, 11) is 0. The van der Waals surface area contributed by atoms with Crippen LogP contribution in [0.2, 0.25) is 0 Å². The first-order valence-electron chi connectivity index (χ1n) is 13.4. The van der Waals surface area contributed by atoms with Crippen LogP contribution in [0.3, 0.4) is 0 Å². The minimum atomic E-state index is -1.20. The van der Waals surface area contributed by atoms with Gasteiger partial charge < -0.3 is 43.6 Å². The third-order valence-electron chi connectivity index (χ3n) is 6.43. The van der Waals surface area contributed by atoms with Gasteiger partial charge in [-0.25, -0.2) is 4.79 Å². The lowest BCUT2D eigenvalue weighted by Crippen LogP contribution is -2.57. The zero-order chi connectivity index (χ0) is 28.6. The van der Waals surface area contributed by atoms with Crippen molar-refractivity contribution in [2.45, 2.75) is 75.5 Å². The second-order valence-electron chi connectivity index (χ2n) is 9.59. The summed E-state index contributed by atoms with van der Waals surface area (Å²) >= 11 is 0. The van der Waals surface area contributed by atoms with Crippen LogP contribution in [-0.2, 0) is 25.6 Å². The van der Waals surface area contributed by atoms with Gasteiger partial charge in [0.2, 0.25) is 17.7 Å². The van der Waals surface area contributed by atoms with E-state index in [0.717, 1.165) is 18.5 Å². The predicted molar refractivity (Wildman–Crippen MR) is 147 cm³/mol. The van der Waals surface area contributed by atoms with E-state index in [2.05, 4.69) is 26.3 Å².